The highest BCUT2D eigenvalue weighted by Crippen LogP contribution is 2.26. The van der Waals surface area contributed by atoms with Crippen molar-refractivity contribution in [1.29, 1.82) is 0 Å². The molecule has 5 nitrogen and oxygen atoms in total. The molecule has 2 unspecified atom stereocenters. The molecule has 1 N–H and O–H groups in total. The number of aromatic nitrogens is 2. The van der Waals surface area contributed by atoms with Gasteiger partial charge in [0, 0.05) is 6.61 Å². The van der Waals surface area contributed by atoms with Crippen molar-refractivity contribution in [3.05, 3.63) is 11.7 Å². The van der Waals surface area contributed by atoms with Crippen LogP contribution in [0.1, 0.15) is 38.9 Å². The molecule has 0 radical (unpaired) electrons. The van der Waals surface area contributed by atoms with Crippen molar-refractivity contribution in [3.63, 3.8) is 0 Å². The lowest BCUT2D eigenvalue weighted by atomic mass is 10.0. The normalized spacial score (nSPS) is 16.8. The van der Waals surface area contributed by atoms with E-state index in [-0.39, 0.29) is 12.3 Å². The van der Waals surface area contributed by atoms with E-state index in [1.807, 2.05) is 13.8 Å². The van der Waals surface area contributed by atoms with Crippen LogP contribution in [0.15, 0.2) is 4.52 Å². The predicted molar refractivity (Wildman–Crippen MR) is 59.3 cm³/mol. The van der Waals surface area contributed by atoms with Gasteiger partial charge in [-0.1, -0.05) is 12.1 Å². The Hall–Kier alpha value is -1.08. The fraction of sp³-hybridized carbons (Fsp3) is 0.818. The van der Waals surface area contributed by atoms with Crippen molar-refractivity contribution in [2.45, 2.75) is 51.7 Å². The molecule has 18 heavy (non-hydrogen) atoms. The van der Waals surface area contributed by atoms with Gasteiger partial charge in [-0.25, -0.2) is 8.78 Å². The number of halogens is 2. The van der Waals surface area contributed by atoms with E-state index >= 15 is 0 Å². The molecule has 0 aliphatic heterocycles. The summed E-state index contributed by atoms with van der Waals surface area (Å²) in [6.45, 7) is 6.03. The molecular formula is C11H18F2N2O3. The summed E-state index contributed by atoms with van der Waals surface area (Å²) in [5.74, 6) is 0.292. The summed E-state index contributed by atoms with van der Waals surface area (Å²) in [4.78, 5) is 4.00. The lowest BCUT2D eigenvalue weighted by molar-refractivity contribution is -0.0403. The molecule has 0 aliphatic rings. The average molecular weight is 264 g/mol. The molecule has 0 bridgehead atoms. The van der Waals surface area contributed by atoms with Crippen LogP contribution in [0.4, 0.5) is 8.78 Å². The van der Waals surface area contributed by atoms with Gasteiger partial charge in [0.05, 0.1) is 6.42 Å². The molecule has 0 aromatic carbocycles. The fourth-order valence-electron chi connectivity index (χ4n) is 1.46. The van der Waals surface area contributed by atoms with Crippen LogP contribution in [0.2, 0.25) is 0 Å². The van der Waals surface area contributed by atoms with Gasteiger partial charge in [-0.2, -0.15) is 4.98 Å². The van der Waals surface area contributed by atoms with Crippen LogP contribution in [0.5, 0.6) is 0 Å². The Balaban J connectivity index is 2.78. The molecule has 0 aliphatic carbocycles. The second-order valence-corrected chi connectivity index (χ2v) is 4.14. The smallest absolute Gasteiger partial charge is 0.264 e. The Kier molecular flexibility index (Phi) is 5.15. The van der Waals surface area contributed by atoms with Gasteiger partial charge in [-0.3, -0.25) is 0 Å². The van der Waals surface area contributed by atoms with Crippen LogP contribution < -0.4 is 0 Å². The summed E-state index contributed by atoms with van der Waals surface area (Å²) in [6, 6.07) is 0. The molecule has 0 spiro atoms. The van der Waals surface area contributed by atoms with Crippen LogP contribution in [0, 0.1) is 0 Å². The molecule has 1 aromatic heterocycles. The van der Waals surface area contributed by atoms with Gasteiger partial charge in [0.2, 0.25) is 11.7 Å². The molecule has 2 atom stereocenters. The van der Waals surface area contributed by atoms with Crippen molar-refractivity contribution < 1.29 is 23.1 Å². The van der Waals surface area contributed by atoms with Gasteiger partial charge >= 0.3 is 0 Å². The van der Waals surface area contributed by atoms with Crippen LogP contribution >= 0.6 is 0 Å². The number of hydrogen-bond donors (Lipinski definition) is 1. The monoisotopic (exact) mass is 264 g/mol. The first-order valence-corrected chi connectivity index (χ1v) is 5.86. The zero-order valence-corrected chi connectivity index (χ0v) is 10.7. The van der Waals surface area contributed by atoms with E-state index in [2.05, 4.69) is 10.1 Å². The van der Waals surface area contributed by atoms with E-state index in [0.29, 0.717) is 18.9 Å². The largest absolute Gasteiger partial charge is 0.387 e. The zero-order valence-electron chi connectivity index (χ0n) is 10.7. The number of rotatable bonds is 7. The molecule has 104 valence electrons. The van der Waals surface area contributed by atoms with E-state index in [1.54, 1.807) is 6.92 Å². The first-order valence-electron chi connectivity index (χ1n) is 5.86. The summed E-state index contributed by atoms with van der Waals surface area (Å²) in [5, 5.41) is 12.8. The lowest BCUT2D eigenvalue weighted by Crippen LogP contribution is -2.27. The Morgan fingerprint density at radius 2 is 2.11 bits per heavy atom. The summed E-state index contributed by atoms with van der Waals surface area (Å²) >= 11 is 0. The first kappa shape index (κ1) is 15.0. The fourth-order valence-corrected chi connectivity index (χ4v) is 1.46. The lowest BCUT2D eigenvalue weighted by Gasteiger charge is -2.23. The van der Waals surface area contributed by atoms with Crippen LogP contribution in [-0.2, 0) is 16.8 Å². The zero-order chi connectivity index (χ0) is 13.8. The minimum atomic E-state index is -2.83. The highest BCUT2D eigenvalue weighted by atomic mass is 19.3. The topological polar surface area (TPSA) is 68.4 Å². The SMILES string of the molecule is CCOC(C)(CC)c1noc(CC(O)C(F)F)n1. The Morgan fingerprint density at radius 1 is 1.44 bits per heavy atom. The molecule has 1 aromatic rings. The van der Waals surface area contributed by atoms with Gasteiger partial charge in [0.1, 0.15) is 11.7 Å². The Bertz CT molecular complexity index is 373. The maximum Gasteiger partial charge on any atom is 0.264 e. The van der Waals surface area contributed by atoms with Crippen LogP contribution in [0.3, 0.4) is 0 Å². The summed E-state index contributed by atoms with van der Waals surface area (Å²) in [6.07, 6.45) is -4.36. The predicted octanol–water partition coefficient (Wildman–Crippen LogP) is 1.90. The van der Waals surface area contributed by atoms with Gasteiger partial charge in [-0.05, 0) is 20.3 Å². The minimum Gasteiger partial charge on any atom is -0.387 e. The van der Waals surface area contributed by atoms with Gasteiger partial charge in [0.25, 0.3) is 6.43 Å². The maximum atomic E-state index is 12.2. The van der Waals surface area contributed by atoms with Gasteiger partial charge in [-0.15, -0.1) is 0 Å². The molecule has 1 heterocycles. The molecule has 0 amide bonds. The van der Waals surface area contributed by atoms with E-state index in [1.165, 1.54) is 0 Å². The van der Waals surface area contributed by atoms with E-state index in [9.17, 15) is 8.78 Å². The number of aliphatic hydroxyl groups excluding tert-OH is 1. The van der Waals surface area contributed by atoms with Crippen molar-refractivity contribution in [3.8, 4) is 0 Å². The summed E-state index contributed by atoms with van der Waals surface area (Å²) in [5.41, 5.74) is -0.702. The number of nitrogens with zero attached hydrogens (tertiary/aromatic N) is 2. The number of hydrogen-bond acceptors (Lipinski definition) is 5. The molecule has 0 fully saturated rings. The van der Waals surface area contributed by atoms with E-state index in [0.717, 1.165) is 0 Å². The number of alkyl halides is 2. The number of ether oxygens (including phenoxy) is 1. The van der Waals surface area contributed by atoms with E-state index in [4.69, 9.17) is 14.4 Å². The van der Waals surface area contributed by atoms with Gasteiger partial charge < -0.3 is 14.4 Å². The molecule has 0 saturated carbocycles. The van der Waals surface area contributed by atoms with E-state index < -0.39 is 18.1 Å². The second-order valence-electron chi connectivity index (χ2n) is 4.14. The summed E-state index contributed by atoms with van der Waals surface area (Å²) in [7, 11) is 0. The maximum absolute atomic E-state index is 12.2. The molecular weight excluding hydrogens is 246 g/mol. The molecule has 0 saturated heterocycles. The van der Waals surface area contributed by atoms with Crippen molar-refractivity contribution in [2.75, 3.05) is 6.61 Å². The molecule has 1 rings (SSSR count). The number of aliphatic hydroxyl groups is 1. The Morgan fingerprint density at radius 3 is 2.61 bits per heavy atom. The quantitative estimate of drug-likeness (QED) is 0.814. The van der Waals surface area contributed by atoms with Crippen LogP contribution in [0.25, 0.3) is 0 Å². The standard InChI is InChI=1S/C11H18F2N2O3/c1-4-11(3,17-5-2)10-14-8(18-15-10)6-7(16)9(12)13/h7,9,16H,4-6H2,1-3H3. The van der Waals surface area contributed by atoms with Crippen molar-refractivity contribution >= 4 is 0 Å². The van der Waals surface area contributed by atoms with Gasteiger partial charge in [0.15, 0.2) is 0 Å². The van der Waals surface area contributed by atoms with Crippen molar-refractivity contribution in [2.24, 2.45) is 0 Å². The molecule has 7 heteroatoms. The first-order chi connectivity index (χ1) is 8.42. The third-order valence-corrected chi connectivity index (χ3v) is 2.75. The Labute approximate surface area is 104 Å². The summed E-state index contributed by atoms with van der Waals surface area (Å²) < 4.78 is 34.7. The van der Waals surface area contributed by atoms with Crippen molar-refractivity contribution in [1.82, 2.24) is 10.1 Å². The highest BCUT2D eigenvalue weighted by Gasteiger charge is 2.31. The minimum absolute atomic E-state index is 0.0165. The third-order valence-electron chi connectivity index (χ3n) is 2.75. The second kappa shape index (κ2) is 6.19. The third kappa shape index (κ3) is 3.46. The highest BCUT2D eigenvalue weighted by molar-refractivity contribution is 4.99. The average Bonchev–Trinajstić information content (AvgIpc) is 2.78. The van der Waals surface area contributed by atoms with Crippen LogP contribution in [-0.4, -0.2) is 34.4 Å².